The molecule has 0 aliphatic rings. The maximum absolute atomic E-state index is 12.1. The van der Waals surface area contributed by atoms with Crippen molar-refractivity contribution < 1.29 is 4.79 Å². The van der Waals surface area contributed by atoms with Gasteiger partial charge in [0, 0.05) is 12.0 Å². The molecule has 3 N–H and O–H groups in total. The SMILES string of the molecule is CCc1ccc(C(C)(C)NC(=O)C(C)C(C)N)cc1.Cl. The Morgan fingerprint density at radius 3 is 2.15 bits per heavy atom. The molecule has 2 unspecified atom stereocenters. The van der Waals surface area contributed by atoms with E-state index in [4.69, 9.17) is 5.73 Å². The van der Waals surface area contributed by atoms with Gasteiger partial charge in [-0.15, -0.1) is 12.4 Å². The molecule has 3 nitrogen and oxygen atoms in total. The van der Waals surface area contributed by atoms with E-state index >= 15 is 0 Å². The summed E-state index contributed by atoms with van der Waals surface area (Å²) in [5.41, 5.74) is 7.80. The maximum atomic E-state index is 12.1. The molecule has 1 aromatic rings. The van der Waals surface area contributed by atoms with Gasteiger partial charge in [-0.25, -0.2) is 0 Å². The Morgan fingerprint density at radius 1 is 1.25 bits per heavy atom. The van der Waals surface area contributed by atoms with Gasteiger partial charge in [0.15, 0.2) is 0 Å². The van der Waals surface area contributed by atoms with Gasteiger partial charge in [-0.2, -0.15) is 0 Å². The average molecular weight is 299 g/mol. The molecular weight excluding hydrogens is 272 g/mol. The van der Waals surface area contributed by atoms with E-state index in [9.17, 15) is 4.79 Å². The lowest BCUT2D eigenvalue weighted by molar-refractivity contribution is -0.126. The van der Waals surface area contributed by atoms with Crippen molar-refractivity contribution >= 4 is 18.3 Å². The monoisotopic (exact) mass is 298 g/mol. The van der Waals surface area contributed by atoms with Gasteiger partial charge in [0.05, 0.1) is 5.54 Å². The van der Waals surface area contributed by atoms with Crippen molar-refractivity contribution in [3.05, 3.63) is 35.4 Å². The van der Waals surface area contributed by atoms with E-state index in [1.807, 2.05) is 27.7 Å². The first-order chi connectivity index (χ1) is 8.77. The number of amides is 1. The molecule has 20 heavy (non-hydrogen) atoms. The van der Waals surface area contributed by atoms with Crippen LogP contribution in [0.2, 0.25) is 0 Å². The molecule has 0 heterocycles. The highest BCUT2D eigenvalue weighted by atomic mass is 35.5. The minimum atomic E-state index is -0.382. The number of rotatable bonds is 5. The Morgan fingerprint density at radius 2 is 1.75 bits per heavy atom. The van der Waals surface area contributed by atoms with Crippen molar-refractivity contribution in [1.29, 1.82) is 0 Å². The maximum Gasteiger partial charge on any atom is 0.225 e. The van der Waals surface area contributed by atoms with E-state index in [-0.39, 0.29) is 35.8 Å². The van der Waals surface area contributed by atoms with Crippen molar-refractivity contribution in [2.75, 3.05) is 0 Å². The standard InChI is InChI=1S/C16H26N2O.ClH/c1-6-13-7-9-14(10-8-13)16(4,5)18-15(19)11(2)12(3)17;/h7-12H,6,17H2,1-5H3,(H,18,19);1H. The predicted octanol–water partition coefficient (Wildman–Crippen LogP) is 3.01. The first-order valence-electron chi connectivity index (χ1n) is 6.95. The minimum absolute atomic E-state index is 0. The van der Waals surface area contributed by atoms with Crippen LogP contribution in [0.4, 0.5) is 0 Å². The van der Waals surface area contributed by atoms with Gasteiger partial charge in [0.2, 0.25) is 5.91 Å². The second-order valence-corrected chi connectivity index (χ2v) is 5.81. The van der Waals surface area contributed by atoms with Gasteiger partial charge in [0.25, 0.3) is 0 Å². The summed E-state index contributed by atoms with van der Waals surface area (Å²) in [5, 5.41) is 3.07. The fourth-order valence-electron chi connectivity index (χ4n) is 1.89. The molecule has 0 saturated heterocycles. The normalized spacial score (nSPS) is 14.1. The molecule has 0 radical (unpaired) electrons. The van der Waals surface area contributed by atoms with Crippen LogP contribution in [0.5, 0.6) is 0 Å². The summed E-state index contributed by atoms with van der Waals surface area (Å²) in [6.45, 7) is 9.87. The van der Waals surface area contributed by atoms with Crippen molar-refractivity contribution in [3.8, 4) is 0 Å². The number of carbonyl (C=O) groups is 1. The number of hydrogen-bond donors (Lipinski definition) is 2. The number of carbonyl (C=O) groups excluding carboxylic acids is 1. The molecule has 2 atom stereocenters. The Hall–Kier alpha value is -1.06. The number of aryl methyl sites for hydroxylation is 1. The third-order valence-corrected chi connectivity index (χ3v) is 3.72. The summed E-state index contributed by atoms with van der Waals surface area (Å²) in [5.74, 6) is -0.186. The summed E-state index contributed by atoms with van der Waals surface area (Å²) < 4.78 is 0. The summed E-state index contributed by atoms with van der Waals surface area (Å²) in [7, 11) is 0. The van der Waals surface area contributed by atoms with Crippen LogP contribution in [0.15, 0.2) is 24.3 Å². The van der Waals surface area contributed by atoms with Gasteiger partial charge in [0.1, 0.15) is 0 Å². The molecular formula is C16H27ClN2O. The number of halogens is 1. The first kappa shape index (κ1) is 18.9. The van der Waals surface area contributed by atoms with Crippen molar-refractivity contribution in [2.24, 2.45) is 11.7 Å². The molecule has 4 heteroatoms. The quantitative estimate of drug-likeness (QED) is 0.878. The molecule has 0 aromatic heterocycles. The van der Waals surface area contributed by atoms with Gasteiger partial charge >= 0.3 is 0 Å². The molecule has 0 aliphatic heterocycles. The zero-order valence-electron chi connectivity index (χ0n) is 13.1. The van der Waals surface area contributed by atoms with E-state index in [1.54, 1.807) is 0 Å². The highest BCUT2D eigenvalue weighted by Gasteiger charge is 2.26. The van der Waals surface area contributed by atoms with Crippen LogP contribution in [-0.2, 0) is 16.8 Å². The van der Waals surface area contributed by atoms with E-state index in [0.717, 1.165) is 12.0 Å². The molecule has 0 saturated carbocycles. The topological polar surface area (TPSA) is 55.1 Å². The lowest BCUT2D eigenvalue weighted by Gasteiger charge is -2.29. The average Bonchev–Trinajstić information content (AvgIpc) is 2.37. The predicted molar refractivity (Wildman–Crippen MR) is 87.1 cm³/mol. The Bertz CT molecular complexity index is 427. The summed E-state index contributed by atoms with van der Waals surface area (Å²) >= 11 is 0. The second kappa shape index (κ2) is 7.65. The number of nitrogens with two attached hydrogens (primary N) is 1. The molecule has 1 rings (SSSR count). The lowest BCUT2D eigenvalue weighted by Crippen LogP contribution is -2.47. The summed E-state index contributed by atoms with van der Waals surface area (Å²) in [4.78, 5) is 12.1. The Balaban J connectivity index is 0.00000361. The molecule has 0 fully saturated rings. The second-order valence-electron chi connectivity index (χ2n) is 5.81. The zero-order chi connectivity index (χ0) is 14.6. The fraction of sp³-hybridized carbons (Fsp3) is 0.562. The Labute approximate surface area is 128 Å². The van der Waals surface area contributed by atoms with Gasteiger partial charge in [-0.3, -0.25) is 4.79 Å². The largest absolute Gasteiger partial charge is 0.347 e. The lowest BCUT2D eigenvalue weighted by atomic mass is 9.91. The third kappa shape index (κ3) is 4.80. The van der Waals surface area contributed by atoms with Crippen LogP contribution in [0.25, 0.3) is 0 Å². The van der Waals surface area contributed by atoms with Crippen molar-refractivity contribution in [1.82, 2.24) is 5.32 Å². The van der Waals surface area contributed by atoms with Gasteiger partial charge in [-0.05, 0) is 38.3 Å². The minimum Gasteiger partial charge on any atom is -0.347 e. The summed E-state index contributed by atoms with van der Waals surface area (Å²) in [6, 6.07) is 8.24. The third-order valence-electron chi connectivity index (χ3n) is 3.72. The molecule has 114 valence electrons. The van der Waals surface area contributed by atoms with E-state index < -0.39 is 0 Å². The fourth-order valence-corrected chi connectivity index (χ4v) is 1.89. The number of hydrogen-bond acceptors (Lipinski definition) is 2. The first-order valence-corrected chi connectivity index (χ1v) is 6.95. The molecule has 0 aliphatic carbocycles. The Kier molecular flexibility index (Phi) is 7.25. The van der Waals surface area contributed by atoms with Gasteiger partial charge < -0.3 is 11.1 Å². The van der Waals surface area contributed by atoms with Crippen LogP contribution >= 0.6 is 12.4 Å². The van der Waals surface area contributed by atoms with E-state index in [1.165, 1.54) is 5.56 Å². The number of benzene rings is 1. The van der Waals surface area contributed by atoms with Crippen LogP contribution in [-0.4, -0.2) is 11.9 Å². The van der Waals surface area contributed by atoms with E-state index in [2.05, 4.69) is 36.5 Å². The van der Waals surface area contributed by atoms with Gasteiger partial charge in [-0.1, -0.05) is 38.1 Å². The number of nitrogens with one attached hydrogen (secondary N) is 1. The van der Waals surface area contributed by atoms with Crippen LogP contribution in [0, 0.1) is 5.92 Å². The highest BCUT2D eigenvalue weighted by molar-refractivity contribution is 5.85. The van der Waals surface area contributed by atoms with Crippen LogP contribution in [0.1, 0.15) is 45.7 Å². The summed E-state index contributed by atoms with van der Waals surface area (Å²) in [6.07, 6.45) is 1.02. The smallest absolute Gasteiger partial charge is 0.225 e. The zero-order valence-corrected chi connectivity index (χ0v) is 13.9. The molecule has 0 spiro atoms. The molecule has 1 amide bonds. The van der Waals surface area contributed by atoms with Crippen molar-refractivity contribution in [3.63, 3.8) is 0 Å². The van der Waals surface area contributed by atoms with Crippen LogP contribution < -0.4 is 11.1 Å². The molecule has 1 aromatic carbocycles. The molecule has 0 bridgehead atoms. The van der Waals surface area contributed by atoms with E-state index in [0.29, 0.717) is 0 Å². The van der Waals surface area contributed by atoms with Crippen LogP contribution in [0.3, 0.4) is 0 Å². The van der Waals surface area contributed by atoms with Crippen molar-refractivity contribution in [2.45, 2.75) is 52.6 Å². The highest BCUT2D eigenvalue weighted by Crippen LogP contribution is 2.21.